The molecule has 23 heavy (non-hydrogen) atoms. The molecule has 1 aromatic carbocycles. The Morgan fingerprint density at radius 1 is 1.13 bits per heavy atom. The number of amides is 1. The molecule has 0 aromatic heterocycles. The van der Waals surface area contributed by atoms with Gasteiger partial charge in [-0.15, -0.1) is 0 Å². The van der Waals surface area contributed by atoms with Gasteiger partial charge in [0.25, 0.3) is 0 Å². The van der Waals surface area contributed by atoms with E-state index < -0.39 is 5.79 Å². The van der Waals surface area contributed by atoms with Crippen molar-refractivity contribution in [3.8, 4) is 0 Å². The lowest BCUT2D eigenvalue weighted by Crippen LogP contribution is -2.48. The second-order valence-electron chi connectivity index (χ2n) is 5.98. The molecule has 0 atom stereocenters. The maximum absolute atomic E-state index is 12.3. The van der Waals surface area contributed by atoms with Gasteiger partial charge in [0.2, 0.25) is 5.91 Å². The molecule has 1 spiro atoms. The first-order valence-electron chi connectivity index (χ1n) is 7.99. The molecule has 2 fully saturated rings. The lowest BCUT2D eigenvalue weighted by atomic mass is 10.0. The average Bonchev–Trinajstić information content (AvgIpc) is 3.02. The van der Waals surface area contributed by atoms with E-state index in [4.69, 9.17) is 9.47 Å². The molecule has 1 amide bonds. The smallest absolute Gasteiger partial charge is 0.241 e. The summed E-state index contributed by atoms with van der Waals surface area (Å²) in [5.74, 6) is -0.355. The molecule has 6 heteroatoms. The third-order valence-corrected chi connectivity index (χ3v) is 4.43. The summed E-state index contributed by atoms with van der Waals surface area (Å²) in [4.78, 5) is 25.4. The Bertz CT molecular complexity index is 569. The van der Waals surface area contributed by atoms with Crippen LogP contribution in [0.5, 0.6) is 0 Å². The Morgan fingerprint density at radius 3 is 2.30 bits per heavy atom. The van der Waals surface area contributed by atoms with Crippen LogP contribution in [0.4, 0.5) is 5.69 Å². The fourth-order valence-corrected chi connectivity index (χ4v) is 2.99. The first-order valence-corrected chi connectivity index (χ1v) is 7.99. The molecule has 6 nitrogen and oxygen atoms in total. The zero-order valence-electron chi connectivity index (χ0n) is 13.3. The summed E-state index contributed by atoms with van der Waals surface area (Å²) >= 11 is 0. The minimum atomic E-state index is -0.452. The van der Waals surface area contributed by atoms with Gasteiger partial charge >= 0.3 is 0 Å². The van der Waals surface area contributed by atoms with Crippen molar-refractivity contribution in [2.45, 2.75) is 25.6 Å². The van der Waals surface area contributed by atoms with Gasteiger partial charge in [-0.2, -0.15) is 0 Å². The van der Waals surface area contributed by atoms with Gasteiger partial charge in [-0.3, -0.25) is 9.59 Å². The van der Waals surface area contributed by atoms with E-state index in [2.05, 4.69) is 5.32 Å². The van der Waals surface area contributed by atoms with Crippen LogP contribution in [0.3, 0.4) is 0 Å². The first kappa shape index (κ1) is 16.0. The maximum Gasteiger partial charge on any atom is 0.241 e. The van der Waals surface area contributed by atoms with Crippen molar-refractivity contribution in [3.05, 3.63) is 29.8 Å². The number of carbonyl (C=O) groups is 2. The van der Waals surface area contributed by atoms with E-state index in [0.717, 1.165) is 18.5 Å². The van der Waals surface area contributed by atoms with Crippen LogP contribution in [-0.2, 0) is 14.3 Å². The van der Waals surface area contributed by atoms with Crippen LogP contribution in [0.15, 0.2) is 24.3 Å². The number of ketones is 1. The van der Waals surface area contributed by atoms with Gasteiger partial charge in [0.05, 0.1) is 19.8 Å². The summed E-state index contributed by atoms with van der Waals surface area (Å²) in [6.45, 7) is 4.38. The van der Waals surface area contributed by atoms with Crippen LogP contribution in [0, 0.1) is 0 Å². The number of nitrogens with zero attached hydrogens (tertiary/aromatic N) is 1. The highest BCUT2D eigenvalue weighted by Gasteiger charge is 2.40. The van der Waals surface area contributed by atoms with E-state index >= 15 is 0 Å². The summed E-state index contributed by atoms with van der Waals surface area (Å²) in [5.41, 5.74) is 1.50. The molecule has 1 N–H and O–H groups in total. The number of carbonyl (C=O) groups excluding carboxylic acids is 2. The number of benzene rings is 1. The van der Waals surface area contributed by atoms with Crippen LogP contribution >= 0.6 is 0 Å². The third-order valence-electron chi connectivity index (χ3n) is 4.43. The summed E-state index contributed by atoms with van der Waals surface area (Å²) in [6, 6.07) is 7.15. The quantitative estimate of drug-likeness (QED) is 0.855. The number of piperidine rings is 1. The molecule has 0 bridgehead atoms. The lowest BCUT2D eigenvalue weighted by Gasteiger charge is -2.37. The van der Waals surface area contributed by atoms with E-state index in [1.165, 1.54) is 6.92 Å². The Kier molecular flexibility index (Phi) is 4.63. The molecule has 0 radical (unpaired) electrons. The minimum Gasteiger partial charge on any atom is -0.376 e. The SMILES string of the molecule is CC(=O)c1ccc(NCC(=O)N2CCC3(CC2)OCCO3)cc1. The van der Waals surface area contributed by atoms with Crippen molar-refractivity contribution in [1.82, 2.24) is 4.90 Å². The molecular weight excluding hydrogens is 296 g/mol. The van der Waals surface area contributed by atoms with Crippen LogP contribution in [0.2, 0.25) is 0 Å². The molecule has 2 aliphatic heterocycles. The normalized spacial score (nSPS) is 19.8. The second-order valence-corrected chi connectivity index (χ2v) is 5.98. The zero-order chi connectivity index (χ0) is 16.3. The summed E-state index contributed by atoms with van der Waals surface area (Å²) < 4.78 is 11.3. The monoisotopic (exact) mass is 318 g/mol. The van der Waals surface area contributed by atoms with Gasteiger partial charge in [0.1, 0.15) is 0 Å². The molecule has 0 unspecified atom stereocenters. The first-order chi connectivity index (χ1) is 11.1. The van der Waals surface area contributed by atoms with Crippen molar-refractivity contribution >= 4 is 17.4 Å². The molecule has 1 aromatic rings. The molecule has 0 saturated carbocycles. The van der Waals surface area contributed by atoms with Crippen molar-refractivity contribution in [1.29, 1.82) is 0 Å². The van der Waals surface area contributed by atoms with E-state index in [-0.39, 0.29) is 18.2 Å². The predicted molar refractivity (Wildman–Crippen MR) is 85.4 cm³/mol. The molecule has 124 valence electrons. The number of likely N-dealkylation sites (tertiary alicyclic amines) is 1. The highest BCUT2D eigenvalue weighted by Crippen LogP contribution is 2.31. The van der Waals surface area contributed by atoms with Crippen LogP contribution in [0.1, 0.15) is 30.1 Å². The average molecular weight is 318 g/mol. The van der Waals surface area contributed by atoms with Crippen molar-refractivity contribution in [2.24, 2.45) is 0 Å². The largest absolute Gasteiger partial charge is 0.376 e. The number of nitrogens with one attached hydrogen (secondary N) is 1. The van der Waals surface area contributed by atoms with E-state index in [0.29, 0.717) is 31.9 Å². The van der Waals surface area contributed by atoms with Gasteiger partial charge in [-0.25, -0.2) is 0 Å². The fourth-order valence-electron chi connectivity index (χ4n) is 2.99. The number of rotatable bonds is 4. The van der Waals surface area contributed by atoms with Gasteiger partial charge < -0.3 is 19.7 Å². The van der Waals surface area contributed by atoms with Crippen LogP contribution < -0.4 is 5.32 Å². The highest BCUT2D eigenvalue weighted by molar-refractivity contribution is 5.94. The van der Waals surface area contributed by atoms with E-state index in [9.17, 15) is 9.59 Å². The molecule has 3 rings (SSSR count). The Balaban J connectivity index is 1.47. The summed E-state index contributed by atoms with van der Waals surface area (Å²) in [6.07, 6.45) is 1.46. The molecular formula is C17H22N2O4. The van der Waals surface area contributed by atoms with Crippen molar-refractivity contribution in [3.63, 3.8) is 0 Å². The Morgan fingerprint density at radius 2 is 1.74 bits per heavy atom. The zero-order valence-corrected chi connectivity index (χ0v) is 13.3. The molecule has 2 heterocycles. The summed E-state index contributed by atoms with van der Waals surface area (Å²) in [5, 5.41) is 3.10. The Hall–Kier alpha value is -1.92. The van der Waals surface area contributed by atoms with Crippen molar-refractivity contribution < 1.29 is 19.1 Å². The van der Waals surface area contributed by atoms with Crippen molar-refractivity contribution in [2.75, 3.05) is 38.2 Å². The molecule has 2 aliphatic rings. The standard InChI is InChI=1S/C17H22N2O4/c1-13(20)14-2-4-15(5-3-14)18-12-16(21)19-8-6-17(7-9-19)22-10-11-23-17/h2-5,18H,6-12H2,1H3. The van der Waals surface area contributed by atoms with Gasteiger partial charge in [-0.1, -0.05) is 0 Å². The molecule has 2 saturated heterocycles. The maximum atomic E-state index is 12.3. The second kappa shape index (κ2) is 6.68. The number of hydrogen-bond acceptors (Lipinski definition) is 5. The van der Waals surface area contributed by atoms with E-state index in [1.54, 1.807) is 12.1 Å². The Labute approximate surface area is 135 Å². The fraction of sp³-hybridized carbons (Fsp3) is 0.529. The lowest BCUT2D eigenvalue weighted by molar-refractivity contribution is -0.187. The van der Waals surface area contributed by atoms with Gasteiger partial charge in [-0.05, 0) is 31.2 Å². The predicted octanol–water partition coefficient (Wildman–Crippen LogP) is 1.67. The summed E-state index contributed by atoms with van der Waals surface area (Å²) in [7, 11) is 0. The number of anilines is 1. The highest BCUT2D eigenvalue weighted by atomic mass is 16.7. The van der Waals surface area contributed by atoms with Crippen LogP contribution in [0.25, 0.3) is 0 Å². The van der Waals surface area contributed by atoms with Gasteiger partial charge in [0.15, 0.2) is 11.6 Å². The number of hydrogen-bond donors (Lipinski definition) is 1. The van der Waals surface area contributed by atoms with Gasteiger partial charge in [0, 0.05) is 37.2 Å². The number of ether oxygens (including phenoxy) is 2. The minimum absolute atomic E-state index is 0.0335. The molecule has 0 aliphatic carbocycles. The van der Waals surface area contributed by atoms with Crippen LogP contribution in [-0.4, -0.2) is 55.2 Å². The van der Waals surface area contributed by atoms with E-state index in [1.807, 2.05) is 17.0 Å². The topological polar surface area (TPSA) is 67.9 Å². The third kappa shape index (κ3) is 3.71. The number of Topliss-reactive ketones (excluding diaryl/α,β-unsaturated/α-hetero) is 1.